The number of benzene rings is 1. The molecule has 0 heterocycles. The zero-order chi connectivity index (χ0) is 16.4. The number of carbonyl (C=O) groups excluding carboxylic acids is 1. The van der Waals surface area contributed by atoms with Crippen LogP contribution in [0.3, 0.4) is 0 Å². The third-order valence-electron chi connectivity index (χ3n) is 2.80. The Hall–Kier alpha value is -2.21. The lowest BCUT2D eigenvalue weighted by molar-refractivity contribution is -0.384. The number of nitro groups is 1. The summed E-state index contributed by atoms with van der Waals surface area (Å²) in [5.74, 6) is 0.0828. The SMILES string of the molecule is CC(C)CCOCCOC(=O)C=Cc1cccc([N+](=O)[O-])c1. The fraction of sp³-hybridized carbons (Fsp3) is 0.438. The molecule has 0 aliphatic heterocycles. The number of nitro benzene ring substituents is 1. The maximum Gasteiger partial charge on any atom is 0.330 e. The molecular weight excluding hydrogens is 286 g/mol. The van der Waals surface area contributed by atoms with Gasteiger partial charge in [-0.3, -0.25) is 10.1 Å². The normalized spacial score (nSPS) is 11.0. The molecule has 0 saturated heterocycles. The molecule has 0 aromatic heterocycles. The van der Waals surface area contributed by atoms with Gasteiger partial charge in [0.1, 0.15) is 6.61 Å². The molecule has 0 N–H and O–H groups in total. The minimum Gasteiger partial charge on any atom is -0.460 e. The number of rotatable bonds is 9. The first-order valence-corrected chi connectivity index (χ1v) is 7.16. The predicted octanol–water partition coefficient (Wildman–Crippen LogP) is 3.21. The van der Waals surface area contributed by atoms with Crippen LogP contribution in [-0.4, -0.2) is 30.7 Å². The van der Waals surface area contributed by atoms with Crippen molar-refractivity contribution in [3.8, 4) is 0 Å². The van der Waals surface area contributed by atoms with Crippen LogP contribution in [0.15, 0.2) is 30.3 Å². The Bertz CT molecular complexity index is 525. The van der Waals surface area contributed by atoms with Crippen LogP contribution < -0.4 is 0 Å². The van der Waals surface area contributed by atoms with Crippen molar-refractivity contribution in [1.29, 1.82) is 0 Å². The van der Waals surface area contributed by atoms with Gasteiger partial charge in [0.05, 0.1) is 11.5 Å². The first-order chi connectivity index (χ1) is 10.5. The molecule has 0 aliphatic carbocycles. The molecule has 1 rings (SSSR count). The molecule has 0 bridgehead atoms. The van der Waals surface area contributed by atoms with E-state index in [-0.39, 0.29) is 12.3 Å². The Morgan fingerprint density at radius 3 is 2.77 bits per heavy atom. The number of nitrogens with zero attached hydrogens (tertiary/aromatic N) is 1. The summed E-state index contributed by atoms with van der Waals surface area (Å²) >= 11 is 0. The van der Waals surface area contributed by atoms with Crippen molar-refractivity contribution in [2.45, 2.75) is 20.3 Å². The maximum atomic E-state index is 11.5. The van der Waals surface area contributed by atoms with Crippen LogP contribution in [0.2, 0.25) is 0 Å². The van der Waals surface area contributed by atoms with E-state index in [1.165, 1.54) is 24.3 Å². The Labute approximate surface area is 129 Å². The molecule has 0 unspecified atom stereocenters. The second-order valence-corrected chi connectivity index (χ2v) is 5.15. The summed E-state index contributed by atoms with van der Waals surface area (Å²) in [6, 6.07) is 6.01. The van der Waals surface area contributed by atoms with Gasteiger partial charge in [0, 0.05) is 24.8 Å². The molecule has 1 aromatic rings. The first-order valence-electron chi connectivity index (χ1n) is 7.16. The summed E-state index contributed by atoms with van der Waals surface area (Å²) in [7, 11) is 0. The van der Waals surface area contributed by atoms with Crippen LogP contribution >= 0.6 is 0 Å². The fourth-order valence-electron chi connectivity index (χ4n) is 1.58. The second kappa shape index (κ2) is 9.68. The molecule has 0 aliphatic rings. The topological polar surface area (TPSA) is 78.7 Å². The van der Waals surface area contributed by atoms with Gasteiger partial charge in [-0.1, -0.05) is 26.0 Å². The summed E-state index contributed by atoms with van der Waals surface area (Å²) in [6.07, 6.45) is 3.70. The van der Waals surface area contributed by atoms with Crippen LogP contribution in [0, 0.1) is 16.0 Å². The van der Waals surface area contributed by atoms with E-state index in [0.29, 0.717) is 24.7 Å². The Kier molecular flexibility index (Phi) is 7.85. The van der Waals surface area contributed by atoms with Crippen LogP contribution in [0.5, 0.6) is 0 Å². The fourth-order valence-corrected chi connectivity index (χ4v) is 1.58. The number of ether oxygens (including phenoxy) is 2. The largest absolute Gasteiger partial charge is 0.460 e. The number of carbonyl (C=O) groups is 1. The number of esters is 1. The van der Waals surface area contributed by atoms with Gasteiger partial charge in [-0.05, 0) is 24.0 Å². The van der Waals surface area contributed by atoms with Crippen LogP contribution in [-0.2, 0) is 14.3 Å². The highest BCUT2D eigenvalue weighted by atomic mass is 16.6. The highest BCUT2D eigenvalue weighted by Gasteiger charge is 2.04. The molecule has 1 aromatic carbocycles. The molecule has 22 heavy (non-hydrogen) atoms. The summed E-state index contributed by atoms with van der Waals surface area (Å²) in [5, 5.41) is 10.6. The smallest absolute Gasteiger partial charge is 0.330 e. The van der Waals surface area contributed by atoms with Gasteiger partial charge in [-0.15, -0.1) is 0 Å². The molecular formula is C16H21NO5. The quantitative estimate of drug-likeness (QED) is 0.230. The van der Waals surface area contributed by atoms with E-state index in [2.05, 4.69) is 13.8 Å². The highest BCUT2D eigenvalue weighted by molar-refractivity contribution is 5.87. The van der Waals surface area contributed by atoms with Crippen LogP contribution in [0.25, 0.3) is 6.08 Å². The van der Waals surface area contributed by atoms with Crippen molar-refractivity contribution in [1.82, 2.24) is 0 Å². The average Bonchev–Trinajstić information content (AvgIpc) is 2.48. The number of hydrogen-bond donors (Lipinski definition) is 0. The van der Waals surface area contributed by atoms with Gasteiger partial charge in [0.2, 0.25) is 0 Å². The molecule has 6 nitrogen and oxygen atoms in total. The standard InChI is InChI=1S/C16H21NO5/c1-13(2)8-9-21-10-11-22-16(18)7-6-14-4-3-5-15(12-14)17(19)20/h3-7,12-13H,8-11H2,1-2H3. The van der Waals surface area contributed by atoms with Gasteiger partial charge in [0.25, 0.3) is 5.69 Å². The van der Waals surface area contributed by atoms with E-state index in [0.717, 1.165) is 6.42 Å². The van der Waals surface area contributed by atoms with Gasteiger partial charge < -0.3 is 9.47 Å². The summed E-state index contributed by atoms with van der Waals surface area (Å²) in [5.41, 5.74) is 0.549. The van der Waals surface area contributed by atoms with Gasteiger partial charge in [-0.2, -0.15) is 0 Å². The average molecular weight is 307 g/mol. The molecule has 0 radical (unpaired) electrons. The van der Waals surface area contributed by atoms with Crippen molar-refractivity contribution in [3.05, 3.63) is 46.0 Å². The molecule has 0 amide bonds. The zero-order valence-corrected chi connectivity index (χ0v) is 12.9. The lowest BCUT2D eigenvalue weighted by atomic mass is 10.1. The third-order valence-corrected chi connectivity index (χ3v) is 2.80. The maximum absolute atomic E-state index is 11.5. The Morgan fingerprint density at radius 1 is 1.32 bits per heavy atom. The van der Waals surface area contributed by atoms with Crippen molar-refractivity contribution < 1.29 is 19.2 Å². The lowest BCUT2D eigenvalue weighted by Gasteiger charge is -2.06. The van der Waals surface area contributed by atoms with Crippen molar-refractivity contribution in [2.75, 3.05) is 19.8 Å². The first kappa shape index (κ1) is 17.8. The van der Waals surface area contributed by atoms with Crippen molar-refractivity contribution >= 4 is 17.7 Å². The van der Waals surface area contributed by atoms with Crippen molar-refractivity contribution in [3.63, 3.8) is 0 Å². The minimum absolute atomic E-state index is 0.0194. The predicted molar refractivity (Wildman–Crippen MR) is 83.4 cm³/mol. The van der Waals surface area contributed by atoms with Crippen LogP contribution in [0.1, 0.15) is 25.8 Å². The third kappa shape index (κ3) is 7.54. The van der Waals surface area contributed by atoms with Crippen molar-refractivity contribution in [2.24, 2.45) is 5.92 Å². The highest BCUT2D eigenvalue weighted by Crippen LogP contribution is 2.14. The van der Waals surface area contributed by atoms with E-state index in [1.54, 1.807) is 12.1 Å². The van der Waals surface area contributed by atoms with Gasteiger partial charge >= 0.3 is 5.97 Å². The number of non-ortho nitro benzene ring substituents is 1. The summed E-state index contributed by atoms with van der Waals surface area (Å²) in [4.78, 5) is 21.6. The van der Waals surface area contributed by atoms with E-state index >= 15 is 0 Å². The molecule has 0 spiro atoms. The monoisotopic (exact) mass is 307 g/mol. The van der Waals surface area contributed by atoms with E-state index in [4.69, 9.17) is 9.47 Å². The molecule has 0 atom stereocenters. The van der Waals surface area contributed by atoms with Crippen LogP contribution in [0.4, 0.5) is 5.69 Å². The summed E-state index contributed by atoms with van der Waals surface area (Å²) in [6.45, 7) is 5.43. The second-order valence-electron chi connectivity index (χ2n) is 5.15. The van der Waals surface area contributed by atoms with Gasteiger partial charge in [-0.25, -0.2) is 4.79 Å². The lowest BCUT2D eigenvalue weighted by Crippen LogP contribution is -2.09. The van der Waals surface area contributed by atoms with E-state index in [9.17, 15) is 14.9 Å². The zero-order valence-electron chi connectivity index (χ0n) is 12.9. The minimum atomic E-state index is -0.501. The number of hydrogen-bond acceptors (Lipinski definition) is 5. The Morgan fingerprint density at radius 2 is 2.09 bits per heavy atom. The Balaban J connectivity index is 2.29. The molecule has 6 heteroatoms. The van der Waals surface area contributed by atoms with Gasteiger partial charge in [0.15, 0.2) is 0 Å². The molecule has 120 valence electrons. The molecule has 0 saturated carbocycles. The molecule has 0 fully saturated rings. The van der Waals surface area contributed by atoms with E-state index < -0.39 is 10.9 Å². The summed E-state index contributed by atoms with van der Waals surface area (Å²) < 4.78 is 10.3. The van der Waals surface area contributed by atoms with E-state index in [1.807, 2.05) is 0 Å².